The van der Waals surface area contributed by atoms with Gasteiger partial charge in [-0.1, -0.05) is 6.07 Å². The van der Waals surface area contributed by atoms with E-state index in [1.807, 2.05) is 35.7 Å². The fourth-order valence-electron chi connectivity index (χ4n) is 3.09. The Kier molecular flexibility index (Phi) is 4.88. The van der Waals surface area contributed by atoms with Crippen molar-refractivity contribution in [3.63, 3.8) is 0 Å². The van der Waals surface area contributed by atoms with Crippen LogP contribution >= 0.6 is 11.3 Å². The second kappa shape index (κ2) is 7.61. The first-order valence-corrected chi connectivity index (χ1v) is 9.46. The van der Waals surface area contributed by atoms with Crippen molar-refractivity contribution in [1.29, 1.82) is 0 Å². The highest BCUT2D eigenvalue weighted by molar-refractivity contribution is 7.10. The van der Waals surface area contributed by atoms with Crippen molar-refractivity contribution in [3.8, 4) is 11.3 Å². The third kappa shape index (κ3) is 3.88. The number of hydrogen-bond acceptors (Lipinski definition) is 6. The van der Waals surface area contributed by atoms with Crippen LogP contribution in [0.4, 0.5) is 5.95 Å². The first kappa shape index (κ1) is 16.7. The first-order valence-electron chi connectivity index (χ1n) is 8.58. The van der Waals surface area contributed by atoms with E-state index in [1.54, 1.807) is 29.9 Å². The van der Waals surface area contributed by atoms with Crippen LogP contribution in [0.1, 0.15) is 11.3 Å². The van der Waals surface area contributed by atoms with Gasteiger partial charge in [0.25, 0.3) is 0 Å². The maximum atomic E-state index is 12.2. The van der Waals surface area contributed by atoms with Gasteiger partial charge in [0.1, 0.15) is 0 Å². The number of thiophene rings is 1. The summed E-state index contributed by atoms with van der Waals surface area (Å²) >= 11 is 1.61. The second-order valence-electron chi connectivity index (χ2n) is 6.24. The van der Waals surface area contributed by atoms with Crippen molar-refractivity contribution in [2.75, 3.05) is 18.0 Å². The predicted molar refractivity (Wildman–Crippen MR) is 102 cm³/mol. The third-order valence-electron chi connectivity index (χ3n) is 4.35. The summed E-state index contributed by atoms with van der Waals surface area (Å²) in [4.78, 5) is 28.6. The Hall–Kier alpha value is -2.80. The molecular weight excluding hydrogens is 346 g/mol. The van der Waals surface area contributed by atoms with Gasteiger partial charge in [0.2, 0.25) is 11.9 Å². The number of aromatic nitrogens is 3. The highest BCUT2D eigenvalue weighted by Crippen LogP contribution is 2.21. The number of anilines is 1. The lowest BCUT2D eigenvalue weighted by molar-refractivity contribution is -0.120. The van der Waals surface area contributed by atoms with Crippen molar-refractivity contribution in [2.45, 2.75) is 18.9 Å². The van der Waals surface area contributed by atoms with E-state index in [9.17, 15) is 4.79 Å². The fraction of sp³-hybridized carbons (Fsp3) is 0.263. The lowest BCUT2D eigenvalue weighted by Gasteiger charge is -2.17. The average Bonchev–Trinajstić information content (AvgIpc) is 3.35. The van der Waals surface area contributed by atoms with Gasteiger partial charge in [-0.15, -0.1) is 11.3 Å². The zero-order valence-corrected chi connectivity index (χ0v) is 15.0. The summed E-state index contributed by atoms with van der Waals surface area (Å²) in [6.45, 7) is 1.56. The van der Waals surface area contributed by atoms with Crippen LogP contribution in [0.25, 0.3) is 11.3 Å². The van der Waals surface area contributed by atoms with Gasteiger partial charge >= 0.3 is 0 Å². The molecule has 0 aliphatic carbocycles. The molecule has 4 heterocycles. The van der Waals surface area contributed by atoms with E-state index >= 15 is 0 Å². The smallest absolute Gasteiger partial charge is 0.225 e. The topological polar surface area (TPSA) is 71.0 Å². The van der Waals surface area contributed by atoms with Gasteiger partial charge in [-0.2, -0.15) is 0 Å². The summed E-state index contributed by atoms with van der Waals surface area (Å²) in [7, 11) is 0. The minimum atomic E-state index is 0.0735. The number of carbonyl (C=O) groups excluding carboxylic acids is 1. The van der Waals surface area contributed by atoms with Crippen LogP contribution in [-0.2, 0) is 11.2 Å². The Morgan fingerprint density at radius 3 is 3.04 bits per heavy atom. The van der Waals surface area contributed by atoms with Crippen LogP contribution in [0.5, 0.6) is 0 Å². The summed E-state index contributed by atoms with van der Waals surface area (Å²) in [6, 6.07) is 9.85. The largest absolute Gasteiger partial charge is 0.351 e. The van der Waals surface area contributed by atoms with Gasteiger partial charge in [0.05, 0.1) is 12.1 Å². The van der Waals surface area contributed by atoms with Gasteiger partial charge in [0, 0.05) is 48.2 Å². The van der Waals surface area contributed by atoms with Crippen LogP contribution in [-0.4, -0.2) is 40.0 Å². The number of hydrogen-bond donors (Lipinski definition) is 1. The monoisotopic (exact) mass is 365 g/mol. The van der Waals surface area contributed by atoms with Crippen LogP contribution in [0.15, 0.2) is 54.3 Å². The van der Waals surface area contributed by atoms with E-state index in [4.69, 9.17) is 0 Å². The Balaban J connectivity index is 1.38. The summed E-state index contributed by atoms with van der Waals surface area (Å²) in [5.74, 6) is 0.769. The van der Waals surface area contributed by atoms with E-state index in [2.05, 4.69) is 25.2 Å². The lowest BCUT2D eigenvalue weighted by Crippen LogP contribution is -2.38. The molecule has 3 aromatic heterocycles. The molecule has 0 aromatic carbocycles. The van der Waals surface area contributed by atoms with Crippen molar-refractivity contribution >= 4 is 23.2 Å². The Morgan fingerprint density at radius 2 is 2.23 bits per heavy atom. The molecule has 1 amide bonds. The molecule has 0 spiro atoms. The highest BCUT2D eigenvalue weighted by Gasteiger charge is 2.25. The molecule has 132 valence electrons. The molecule has 1 fully saturated rings. The molecule has 6 nitrogen and oxygen atoms in total. The molecule has 0 bridgehead atoms. The summed E-state index contributed by atoms with van der Waals surface area (Å²) in [5, 5.41) is 5.12. The third-order valence-corrected chi connectivity index (χ3v) is 5.23. The van der Waals surface area contributed by atoms with Crippen LogP contribution in [0.2, 0.25) is 0 Å². The van der Waals surface area contributed by atoms with Gasteiger partial charge in [-0.05, 0) is 36.1 Å². The minimum Gasteiger partial charge on any atom is -0.351 e. The standard InChI is InChI=1S/C19H19N5OS/c25-18(11-16-4-2-10-26-16)22-15-6-9-24(13-15)19-21-8-5-17(23-19)14-3-1-7-20-12-14/h1-5,7-8,10,12,15H,6,9,11,13H2,(H,22,25). The molecule has 26 heavy (non-hydrogen) atoms. The molecule has 1 unspecified atom stereocenters. The number of rotatable bonds is 5. The number of carbonyl (C=O) groups is 1. The molecule has 4 rings (SSSR count). The Labute approximate surface area is 155 Å². The van der Waals surface area contributed by atoms with Crippen molar-refractivity contribution in [3.05, 3.63) is 59.2 Å². The SMILES string of the molecule is O=C(Cc1cccs1)NC1CCN(c2nccc(-c3cccnc3)n2)C1. The van der Waals surface area contributed by atoms with Crippen molar-refractivity contribution in [2.24, 2.45) is 0 Å². The zero-order valence-electron chi connectivity index (χ0n) is 14.2. The summed E-state index contributed by atoms with van der Waals surface area (Å²) in [5.41, 5.74) is 1.82. The number of nitrogens with one attached hydrogen (secondary N) is 1. The first-order chi connectivity index (χ1) is 12.8. The van der Waals surface area contributed by atoms with Crippen molar-refractivity contribution in [1.82, 2.24) is 20.3 Å². The fourth-order valence-corrected chi connectivity index (χ4v) is 3.79. The van der Waals surface area contributed by atoms with Gasteiger partial charge < -0.3 is 10.2 Å². The second-order valence-corrected chi connectivity index (χ2v) is 7.27. The quantitative estimate of drug-likeness (QED) is 0.752. The lowest BCUT2D eigenvalue weighted by atomic mass is 10.2. The maximum absolute atomic E-state index is 12.2. The highest BCUT2D eigenvalue weighted by atomic mass is 32.1. The van der Waals surface area contributed by atoms with Gasteiger partial charge in [-0.3, -0.25) is 9.78 Å². The molecule has 7 heteroatoms. The van der Waals surface area contributed by atoms with E-state index < -0.39 is 0 Å². The summed E-state index contributed by atoms with van der Waals surface area (Å²) < 4.78 is 0. The van der Waals surface area contributed by atoms with E-state index in [0.717, 1.165) is 35.6 Å². The van der Waals surface area contributed by atoms with E-state index in [1.165, 1.54) is 0 Å². The molecule has 1 N–H and O–H groups in total. The van der Waals surface area contributed by atoms with E-state index in [-0.39, 0.29) is 11.9 Å². The molecule has 0 radical (unpaired) electrons. The van der Waals surface area contributed by atoms with E-state index in [0.29, 0.717) is 12.4 Å². The Morgan fingerprint density at radius 1 is 1.27 bits per heavy atom. The zero-order chi connectivity index (χ0) is 17.8. The van der Waals surface area contributed by atoms with Crippen LogP contribution in [0.3, 0.4) is 0 Å². The predicted octanol–water partition coefficient (Wildman–Crippen LogP) is 2.54. The number of nitrogens with zero attached hydrogens (tertiary/aromatic N) is 4. The molecule has 3 aromatic rings. The maximum Gasteiger partial charge on any atom is 0.225 e. The van der Waals surface area contributed by atoms with Crippen molar-refractivity contribution < 1.29 is 4.79 Å². The molecule has 1 saturated heterocycles. The number of pyridine rings is 1. The summed E-state index contributed by atoms with van der Waals surface area (Å²) in [6.07, 6.45) is 6.66. The number of amides is 1. The molecule has 1 aliphatic heterocycles. The molecule has 1 aliphatic rings. The molecule has 0 saturated carbocycles. The van der Waals surface area contributed by atoms with Crippen LogP contribution in [0, 0.1) is 0 Å². The van der Waals surface area contributed by atoms with Crippen LogP contribution < -0.4 is 10.2 Å². The molecule has 1 atom stereocenters. The average molecular weight is 365 g/mol. The van der Waals surface area contributed by atoms with Gasteiger partial charge in [-0.25, -0.2) is 9.97 Å². The minimum absolute atomic E-state index is 0.0735. The Bertz CT molecular complexity index is 869. The molecular formula is C19H19N5OS. The van der Waals surface area contributed by atoms with Gasteiger partial charge in [0.15, 0.2) is 0 Å². The normalized spacial score (nSPS) is 16.6.